The largest absolute Gasteiger partial charge is 0.454 e. The molecule has 6 rings (SSSR count). The molecule has 0 bridgehead atoms. The Labute approximate surface area is 222 Å². The van der Waals surface area contributed by atoms with Gasteiger partial charge in [0, 0.05) is 29.3 Å². The van der Waals surface area contributed by atoms with E-state index in [-0.39, 0.29) is 18.9 Å². The highest BCUT2D eigenvalue weighted by molar-refractivity contribution is 7.80. The van der Waals surface area contributed by atoms with Crippen LogP contribution in [0.1, 0.15) is 51.4 Å². The number of ether oxygens (including phenoxy) is 2. The van der Waals surface area contributed by atoms with Crippen molar-refractivity contribution in [3.63, 3.8) is 0 Å². The summed E-state index contributed by atoms with van der Waals surface area (Å²) in [6.45, 7) is 11.1. The van der Waals surface area contributed by atoms with Gasteiger partial charge in [0.25, 0.3) is 0 Å². The summed E-state index contributed by atoms with van der Waals surface area (Å²) in [5.74, 6) is 1.49. The second kappa shape index (κ2) is 8.92. The van der Waals surface area contributed by atoms with Gasteiger partial charge in [-0.25, -0.2) is 0 Å². The third-order valence-electron chi connectivity index (χ3n) is 7.38. The molecule has 2 atom stereocenters. The molecule has 4 aromatic rings. The fraction of sp³-hybridized carbons (Fsp3) is 0.267. The standard InChI is InChI=1S/C30H30N4O2S/c1-17-12-18(2)28(19(3)13-17)33-20(4)14-23(21(33)5)29-27(24-8-6-7-11-31-24)32-30(37)34(29)22-9-10-25-26(15-22)36-16-35-25/h6-15,27,29H,16H2,1-5H3,(H,32,37)/t27-,29+/m0/s1. The summed E-state index contributed by atoms with van der Waals surface area (Å²) in [4.78, 5) is 6.90. The van der Waals surface area contributed by atoms with Crippen molar-refractivity contribution in [1.29, 1.82) is 0 Å². The van der Waals surface area contributed by atoms with E-state index in [1.807, 2.05) is 36.5 Å². The summed E-state index contributed by atoms with van der Waals surface area (Å²) in [5.41, 5.74) is 10.5. The molecule has 2 aromatic carbocycles. The maximum atomic E-state index is 5.95. The minimum absolute atomic E-state index is 0.103. The number of benzene rings is 2. The lowest BCUT2D eigenvalue weighted by Gasteiger charge is -2.28. The molecule has 7 heteroatoms. The van der Waals surface area contributed by atoms with Crippen molar-refractivity contribution in [2.24, 2.45) is 0 Å². The number of nitrogens with zero attached hydrogens (tertiary/aromatic N) is 3. The number of thiocarbonyl (C=S) groups is 1. The second-order valence-corrected chi connectivity index (χ2v) is 10.3. The molecule has 4 heterocycles. The van der Waals surface area contributed by atoms with E-state index in [1.165, 1.54) is 39.3 Å². The predicted octanol–water partition coefficient (Wildman–Crippen LogP) is 6.32. The Balaban J connectivity index is 1.53. The molecular formula is C30H30N4O2S. The van der Waals surface area contributed by atoms with Gasteiger partial charge in [-0.1, -0.05) is 23.8 Å². The van der Waals surface area contributed by atoms with Crippen LogP contribution < -0.4 is 19.7 Å². The Morgan fingerprint density at radius 2 is 1.68 bits per heavy atom. The number of anilines is 1. The number of nitrogens with one attached hydrogen (secondary N) is 1. The van der Waals surface area contributed by atoms with Gasteiger partial charge in [0.05, 0.1) is 23.5 Å². The van der Waals surface area contributed by atoms with Crippen molar-refractivity contribution in [2.45, 2.75) is 46.7 Å². The van der Waals surface area contributed by atoms with Crippen molar-refractivity contribution in [1.82, 2.24) is 14.9 Å². The number of hydrogen-bond donors (Lipinski definition) is 1. The third kappa shape index (κ3) is 3.85. The van der Waals surface area contributed by atoms with Crippen molar-refractivity contribution >= 4 is 23.0 Å². The second-order valence-electron chi connectivity index (χ2n) is 9.94. The lowest BCUT2D eigenvalue weighted by atomic mass is 9.96. The first kappa shape index (κ1) is 23.6. The van der Waals surface area contributed by atoms with Gasteiger partial charge < -0.3 is 24.3 Å². The van der Waals surface area contributed by atoms with Crippen LogP contribution in [0, 0.1) is 34.6 Å². The molecular weight excluding hydrogens is 480 g/mol. The monoisotopic (exact) mass is 510 g/mol. The molecule has 6 nitrogen and oxygen atoms in total. The van der Waals surface area contributed by atoms with Gasteiger partial charge in [0.1, 0.15) is 0 Å². The minimum atomic E-state index is -0.117. The average molecular weight is 511 g/mol. The van der Waals surface area contributed by atoms with Crippen LogP contribution in [-0.4, -0.2) is 21.5 Å². The zero-order valence-corrected chi connectivity index (χ0v) is 22.5. The summed E-state index contributed by atoms with van der Waals surface area (Å²) in [6.07, 6.45) is 1.84. The Hall–Kier alpha value is -3.84. The molecule has 1 N–H and O–H groups in total. The molecule has 0 unspecified atom stereocenters. The van der Waals surface area contributed by atoms with Crippen LogP contribution in [0.15, 0.2) is 60.8 Å². The molecule has 37 heavy (non-hydrogen) atoms. The number of fused-ring (bicyclic) bond motifs is 1. The Morgan fingerprint density at radius 3 is 2.41 bits per heavy atom. The van der Waals surface area contributed by atoms with Gasteiger partial charge in [0.2, 0.25) is 6.79 Å². The predicted molar refractivity (Wildman–Crippen MR) is 150 cm³/mol. The minimum Gasteiger partial charge on any atom is -0.454 e. The molecule has 2 aliphatic rings. The fourth-order valence-corrected chi connectivity index (χ4v) is 6.29. The molecule has 188 valence electrons. The number of pyridine rings is 1. The van der Waals surface area contributed by atoms with E-state index >= 15 is 0 Å². The van der Waals surface area contributed by atoms with E-state index in [9.17, 15) is 0 Å². The maximum Gasteiger partial charge on any atom is 0.231 e. The first-order chi connectivity index (χ1) is 17.8. The van der Waals surface area contributed by atoms with Gasteiger partial charge in [-0.2, -0.15) is 0 Å². The van der Waals surface area contributed by atoms with Crippen LogP contribution in [0.4, 0.5) is 5.69 Å². The summed E-state index contributed by atoms with van der Waals surface area (Å²) in [7, 11) is 0. The lowest BCUT2D eigenvalue weighted by Crippen LogP contribution is -2.29. The van der Waals surface area contributed by atoms with E-state index < -0.39 is 0 Å². The first-order valence-corrected chi connectivity index (χ1v) is 12.9. The van der Waals surface area contributed by atoms with Crippen LogP contribution in [0.25, 0.3) is 5.69 Å². The molecule has 1 saturated heterocycles. The molecule has 0 aliphatic carbocycles. The van der Waals surface area contributed by atoms with Gasteiger partial charge in [0.15, 0.2) is 16.6 Å². The van der Waals surface area contributed by atoms with Gasteiger partial charge >= 0.3 is 0 Å². The molecule has 2 aliphatic heterocycles. The van der Waals surface area contributed by atoms with Crippen molar-refractivity contribution in [3.05, 3.63) is 100 Å². The van der Waals surface area contributed by atoms with Crippen molar-refractivity contribution in [3.8, 4) is 17.2 Å². The first-order valence-electron chi connectivity index (χ1n) is 12.5. The lowest BCUT2D eigenvalue weighted by molar-refractivity contribution is 0.174. The molecule has 0 radical (unpaired) electrons. The molecule has 2 aromatic heterocycles. The average Bonchev–Trinajstić information content (AvgIpc) is 3.55. The van der Waals surface area contributed by atoms with E-state index in [2.05, 4.69) is 73.7 Å². The highest BCUT2D eigenvalue weighted by Crippen LogP contribution is 2.46. The fourth-order valence-electron chi connectivity index (χ4n) is 5.94. The van der Waals surface area contributed by atoms with Gasteiger partial charge in [-0.05, 0) is 93.9 Å². The maximum absolute atomic E-state index is 5.95. The quantitative estimate of drug-likeness (QED) is 0.324. The van der Waals surface area contributed by atoms with E-state index in [1.54, 1.807) is 0 Å². The van der Waals surface area contributed by atoms with E-state index in [0.29, 0.717) is 5.11 Å². The normalized spacial score (nSPS) is 18.4. The van der Waals surface area contributed by atoms with Crippen LogP contribution in [0.2, 0.25) is 0 Å². The SMILES string of the molecule is Cc1cc(C)c(-n2c(C)cc([C@@H]3[C@H](c4ccccn4)NC(=S)N3c3ccc4c(c3)OCO4)c2C)c(C)c1. The highest BCUT2D eigenvalue weighted by atomic mass is 32.1. The molecule has 0 spiro atoms. The van der Waals surface area contributed by atoms with E-state index in [0.717, 1.165) is 22.9 Å². The number of rotatable bonds is 4. The molecule has 0 amide bonds. The van der Waals surface area contributed by atoms with Crippen LogP contribution in [0.3, 0.4) is 0 Å². The highest BCUT2D eigenvalue weighted by Gasteiger charge is 2.42. The number of hydrogen-bond acceptors (Lipinski definition) is 4. The third-order valence-corrected chi connectivity index (χ3v) is 7.69. The van der Waals surface area contributed by atoms with Crippen molar-refractivity contribution < 1.29 is 9.47 Å². The zero-order valence-electron chi connectivity index (χ0n) is 21.7. The summed E-state index contributed by atoms with van der Waals surface area (Å²) < 4.78 is 13.6. The summed E-state index contributed by atoms with van der Waals surface area (Å²) >= 11 is 5.95. The summed E-state index contributed by atoms with van der Waals surface area (Å²) in [5, 5.41) is 4.23. The number of aryl methyl sites for hydroxylation is 4. The van der Waals surface area contributed by atoms with Crippen molar-refractivity contribution in [2.75, 3.05) is 11.7 Å². The molecule has 1 fully saturated rings. The Bertz CT molecular complexity index is 1510. The molecule has 0 saturated carbocycles. The van der Waals surface area contributed by atoms with Gasteiger partial charge in [-0.3, -0.25) is 4.98 Å². The van der Waals surface area contributed by atoms with Crippen LogP contribution in [-0.2, 0) is 0 Å². The zero-order chi connectivity index (χ0) is 25.8. The van der Waals surface area contributed by atoms with E-state index in [4.69, 9.17) is 26.7 Å². The topological polar surface area (TPSA) is 51.6 Å². The summed E-state index contributed by atoms with van der Waals surface area (Å²) in [6, 6.07) is 18.6. The Kier molecular flexibility index (Phi) is 5.68. The Morgan fingerprint density at radius 1 is 0.919 bits per heavy atom. The van der Waals surface area contributed by atoms with Crippen LogP contribution in [0.5, 0.6) is 11.5 Å². The van der Waals surface area contributed by atoms with Crippen LogP contribution >= 0.6 is 12.2 Å². The number of aromatic nitrogens is 2. The van der Waals surface area contributed by atoms with Gasteiger partial charge in [-0.15, -0.1) is 0 Å². The smallest absolute Gasteiger partial charge is 0.231 e.